The Bertz CT molecular complexity index is 701. The van der Waals surface area contributed by atoms with Crippen LogP contribution >= 0.6 is 7.60 Å². The number of carbonyl (C=O) groups excluding carboxylic acids is 1. The van der Waals surface area contributed by atoms with Crippen molar-refractivity contribution in [2.24, 2.45) is 5.41 Å². The molecule has 0 saturated heterocycles. The van der Waals surface area contributed by atoms with Crippen LogP contribution in [0.3, 0.4) is 0 Å². The van der Waals surface area contributed by atoms with Gasteiger partial charge in [-0.1, -0.05) is 39.0 Å². The number of para-hydroxylation sites is 1. The SMILES string of the molecule is CCOP(=O)(OCC)C(N(OC(C)C(=O)Oc1ccccc1)C(C)(C)C)C(C)(C)C. The summed E-state index contributed by atoms with van der Waals surface area (Å²) in [6.45, 7) is 17.2. The second-order valence-corrected chi connectivity index (χ2v) is 11.2. The van der Waals surface area contributed by atoms with E-state index < -0.39 is 36.4 Å². The number of hydrogen-bond donors (Lipinski definition) is 0. The Morgan fingerprint density at radius 3 is 1.90 bits per heavy atom. The topological polar surface area (TPSA) is 74.3 Å². The van der Waals surface area contributed by atoms with Gasteiger partial charge in [-0.2, -0.15) is 5.06 Å². The van der Waals surface area contributed by atoms with Crippen LogP contribution in [0.2, 0.25) is 0 Å². The van der Waals surface area contributed by atoms with Gasteiger partial charge in [-0.15, -0.1) is 0 Å². The molecule has 0 heterocycles. The lowest BCUT2D eigenvalue weighted by Gasteiger charge is -2.47. The van der Waals surface area contributed by atoms with Gasteiger partial charge in [0, 0.05) is 5.54 Å². The van der Waals surface area contributed by atoms with Gasteiger partial charge in [-0.3, -0.25) is 9.40 Å². The molecule has 2 unspecified atom stereocenters. The minimum Gasteiger partial charge on any atom is -0.425 e. The second-order valence-electron chi connectivity index (χ2n) is 9.09. The van der Waals surface area contributed by atoms with Crippen molar-refractivity contribution in [2.45, 2.75) is 79.7 Å². The maximum Gasteiger partial charge on any atom is 0.350 e. The minimum absolute atomic E-state index is 0.230. The third-order valence-corrected chi connectivity index (χ3v) is 6.96. The van der Waals surface area contributed by atoms with E-state index in [2.05, 4.69) is 0 Å². The highest BCUT2D eigenvalue weighted by Gasteiger charge is 2.52. The maximum absolute atomic E-state index is 13.8. The van der Waals surface area contributed by atoms with Crippen LogP contribution in [0, 0.1) is 5.41 Å². The quantitative estimate of drug-likeness (QED) is 0.200. The molecule has 30 heavy (non-hydrogen) atoms. The minimum atomic E-state index is -3.61. The fourth-order valence-electron chi connectivity index (χ4n) is 2.98. The van der Waals surface area contributed by atoms with Crippen LogP contribution in [0.15, 0.2) is 30.3 Å². The lowest BCUT2D eigenvalue weighted by Crippen LogP contribution is -2.55. The van der Waals surface area contributed by atoms with Crippen LogP contribution < -0.4 is 4.74 Å². The van der Waals surface area contributed by atoms with E-state index in [0.29, 0.717) is 5.75 Å². The highest BCUT2D eigenvalue weighted by Crippen LogP contribution is 2.60. The van der Waals surface area contributed by atoms with Crippen LogP contribution in [-0.4, -0.2) is 41.7 Å². The smallest absolute Gasteiger partial charge is 0.350 e. The molecule has 7 nitrogen and oxygen atoms in total. The van der Waals surface area contributed by atoms with E-state index in [9.17, 15) is 9.36 Å². The van der Waals surface area contributed by atoms with Crippen molar-refractivity contribution in [3.63, 3.8) is 0 Å². The molecular formula is C22H38NO6P. The second kappa shape index (κ2) is 10.9. The van der Waals surface area contributed by atoms with Gasteiger partial charge in [-0.25, -0.2) is 4.79 Å². The summed E-state index contributed by atoms with van der Waals surface area (Å²) in [7, 11) is -3.61. The van der Waals surface area contributed by atoms with Gasteiger partial charge >= 0.3 is 13.6 Å². The molecule has 0 bridgehead atoms. The van der Waals surface area contributed by atoms with Crippen molar-refractivity contribution < 1.29 is 28.0 Å². The Labute approximate surface area is 181 Å². The van der Waals surface area contributed by atoms with E-state index in [4.69, 9.17) is 18.6 Å². The Morgan fingerprint density at radius 1 is 1.00 bits per heavy atom. The zero-order valence-corrected chi connectivity index (χ0v) is 20.7. The summed E-state index contributed by atoms with van der Waals surface area (Å²) in [5, 5.41) is 1.58. The van der Waals surface area contributed by atoms with Crippen LogP contribution in [0.4, 0.5) is 0 Å². The number of benzene rings is 1. The number of esters is 1. The van der Waals surface area contributed by atoms with Gasteiger partial charge in [0.15, 0.2) is 6.10 Å². The molecule has 1 aromatic carbocycles. The first-order valence-corrected chi connectivity index (χ1v) is 12.0. The summed E-state index contributed by atoms with van der Waals surface area (Å²) in [6, 6.07) is 8.80. The van der Waals surface area contributed by atoms with Crippen molar-refractivity contribution in [3.05, 3.63) is 30.3 Å². The fraction of sp³-hybridized carbons (Fsp3) is 0.682. The zero-order valence-electron chi connectivity index (χ0n) is 19.8. The van der Waals surface area contributed by atoms with Gasteiger partial charge in [0.2, 0.25) is 0 Å². The predicted molar refractivity (Wildman–Crippen MR) is 118 cm³/mol. The van der Waals surface area contributed by atoms with Gasteiger partial charge in [-0.05, 0) is 59.1 Å². The summed E-state index contributed by atoms with van der Waals surface area (Å²) in [4.78, 5) is 18.7. The Morgan fingerprint density at radius 2 is 1.50 bits per heavy atom. The highest BCUT2D eigenvalue weighted by atomic mass is 31.2. The molecule has 0 aliphatic carbocycles. The lowest BCUT2D eigenvalue weighted by atomic mass is 9.94. The average molecular weight is 444 g/mol. The fourth-order valence-corrected chi connectivity index (χ4v) is 5.66. The number of rotatable bonds is 10. The van der Waals surface area contributed by atoms with Gasteiger partial charge in [0.05, 0.1) is 13.2 Å². The largest absolute Gasteiger partial charge is 0.425 e. The average Bonchev–Trinajstić information content (AvgIpc) is 2.60. The lowest BCUT2D eigenvalue weighted by molar-refractivity contribution is -0.261. The molecule has 0 N–H and O–H groups in total. The first-order chi connectivity index (χ1) is 13.8. The van der Waals surface area contributed by atoms with E-state index in [1.54, 1.807) is 50.1 Å². The molecule has 1 aromatic rings. The number of hydrogen-bond acceptors (Lipinski definition) is 7. The molecule has 8 heteroatoms. The van der Waals surface area contributed by atoms with Crippen molar-refractivity contribution in [1.29, 1.82) is 0 Å². The molecule has 0 aromatic heterocycles. The third-order valence-electron chi connectivity index (χ3n) is 4.14. The van der Waals surface area contributed by atoms with Crippen LogP contribution in [0.5, 0.6) is 5.75 Å². The summed E-state index contributed by atoms with van der Waals surface area (Å²) >= 11 is 0. The number of ether oxygens (including phenoxy) is 1. The molecule has 0 radical (unpaired) electrons. The molecule has 0 saturated carbocycles. The molecule has 0 amide bonds. The van der Waals surface area contributed by atoms with Gasteiger partial charge in [0.1, 0.15) is 11.5 Å². The number of nitrogens with zero attached hydrogens (tertiary/aromatic N) is 1. The molecule has 2 atom stereocenters. The van der Waals surface area contributed by atoms with Crippen LogP contribution in [0.1, 0.15) is 62.3 Å². The first kappa shape index (κ1) is 26.8. The molecule has 0 fully saturated rings. The summed E-state index contributed by atoms with van der Waals surface area (Å²) in [5.41, 5.74) is -1.15. The normalized spacial score (nSPS) is 15.1. The third kappa shape index (κ3) is 7.47. The zero-order chi connectivity index (χ0) is 23.2. The predicted octanol–water partition coefficient (Wildman–Crippen LogP) is 5.65. The summed E-state index contributed by atoms with van der Waals surface area (Å²) in [6.07, 6.45) is -0.939. The highest BCUT2D eigenvalue weighted by molar-refractivity contribution is 7.54. The molecule has 0 spiro atoms. The van der Waals surface area contributed by atoms with Gasteiger partial charge < -0.3 is 13.8 Å². The van der Waals surface area contributed by atoms with E-state index in [1.807, 2.05) is 47.6 Å². The molecular weight excluding hydrogens is 405 g/mol. The van der Waals surface area contributed by atoms with Crippen molar-refractivity contribution in [1.82, 2.24) is 5.06 Å². The Hall–Kier alpha value is -1.24. The van der Waals surface area contributed by atoms with Crippen molar-refractivity contribution in [2.75, 3.05) is 13.2 Å². The Kier molecular flexibility index (Phi) is 9.71. The van der Waals surface area contributed by atoms with Crippen molar-refractivity contribution in [3.8, 4) is 5.75 Å². The van der Waals surface area contributed by atoms with E-state index in [1.165, 1.54) is 0 Å². The Balaban J connectivity index is 3.26. The number of carbonyl (C=O) groups is 1. The van der Waals surface area contributed by atoms with Crippen molar-refractivity contribution >= 4 is 13.6 Å². The summed E-state index contributed by atoms with van der Waals surface area (Å²) in [5.74, 6) is -0.871. The summed E-state index contributed by atoms with van der Waals surface area (Å²) < 4.78 is 30.6. The van der Waals surface area contributed by atoms with Crippen LogP contribution in [0.25, 0.3) is 0 Å². The first-order valence-electron chi connectivity index (χ1n) is 10.4. The molecule has 172 valence electrons. The van der Waals surface area contributed by atoms with E-state index in [0.717, 1.165) is 0 Å². The van der Waals surface area contributed by atoms with Crippen LogP contribution in [-0.2, 0) is 23.2 Å². The maximum atomic E-state index is 13.8. The van der Waals surface area contributed by atoms with E-state index in [-0.39, 0.29) is 13.2 Å². The van der Waals surface area contributed by atoms with Gasteiger partial charge in [0.25, 0.3) is 0 Å². The standard InChI is InChI=1S/C22H38NO6P/c1-10-26-30(25,27-11-2)20(21(4,5)6)23(22(7,8)9)29-17(3)19(24)28-18-15-13-12-14-16-18/h12-17,20H,10-11H2,1-9H3. The number of hydroxylamine groups is 2. The van der Waals surface area contributed by atoms with E-state index >= 15 is 0 Å². The molecule has 0 aliphatic rings. The molecule has 0 aliphatic heterocycles. The monoisotopic (exact) mass is 443 g/mol. The molecule has 1 rings (SSSR count).